The first-order chi connectivity index (χ1) is 24.3. The highest BCUT2D eigenvalue weighted by atomic mass is 16.5. The number of hydrogen-bond acceptors (Lipinski definition) is 7. The van der Waals surface area contributed by atoms with Crippen LogP contribution in [-0.2, 0) is 17.7 Å². The van der Waals surface area contributed by atoms with Gasteiger partial charge in [0, 0.05) is 39.1 Å². The van der Waals surface area contributed by atoms with Crippen molar-refractivity contribution < 1.29 is 9.53 Å². The number of rotatable bonds is 17. The van der Waals surface area contributed by atoms with Crippen molar-refractivity contribution in [2.45, 2.75) is 60.9 Å². The summed E-state index contributed by atoms with van der Waals surface area (Å²) in [5, 5.41) is 12.7. The lowest BCUT2D eigenvalue weighted by Crippen LogP contribution is -2.46. The molecule has 0 aliphatic rings. The van der Waals surface area contributed by atoms with E-state index in [0.717, 1.165) is 110 Å². The van der Waals surface area contributed by atoms with Crippen LogP contribution in [0.3, 0.4) is 0 Å². The fourth-order valence-electron chi connectivity index (χ4n) is 6.35. The number of imidazole rings is 1. The third kappa shape index (κ3) is 9.49. The molecule has 0 unspecified atom stereocenters. The first-order valence-electron chi connectivity index (χ1n) is 18.0. The number of hydrogen-bond donors (Lipinski definition) is 1. The minimum absolute atomic E-state index is 0.350. The van der Waals surface area contributed by atoms with Crippen LogP contribution >= 0.6 is 0 Å². The third-order valence-corrected chi connectivity index (χ3v) is 9.38. The minimum atomic E-state index is -0.350. The molecule has 0 fully saturated rings. The van der Waals surface area contributed by atoms with Crippen LogP contribution in [0.5, 0.6) is 0 Å². The number of nitriles is 1. The number of likely N-dealkylation sites (N-methyl/N-ethyl adjacent to an activating group) is 2. The normalized spacial score (nSPS) is 11.7. The highest BCUT2D eigenvalue weighted by Crippen LogP contribution is 2.29. The summed E-state index contributed by atoms with van der Waals surface area (Å²) in [7, 11) is 1.40. The van der Waals surface area contributed by atoms with Gasteiger partial charge in [0.25, 0.3) is 0 Å². The standard InChI is InChI=1S/C40H54N8O2/c1-8-15-37-44-38-30(6)26-33(43-40(42-29-41)47(24-22-45(9-2)10-3)25-23-46(11-4)12-5)27-36(38)48(37)28-31-18-20-32(21-19-31)34-16-13-14-17-35(34)39(49)50-7/h13-14,16-21,26-27H,8-12,15,22-25,28H2,1-7H3,(H,42,43). The number of esters is 1. The predicted octanol–water partition coefficient (Wildman–Crippen LogP) is 6.84. The molecule has 0 aliphatic carbocycles. The number of aliphatic imine (C=N–C) groups is 1. The van der Waals surface area contributed by atoms with E-state index in [2.05, 4.69) is 109 Å². The molecule has 0 saturated carbocycles. The zero-order valence-electron chi connectivity index (χ0n) is 31.0. The van der Waals surface area contributed by atoms with Crippen molar-refractivity contribution in [2.24, 2.45) is 4.99 Å². The van der Waals surface area contributed by atoms with E-state index in [0.29, 0.717) is 18.1 Å². The molecule has 10 nitrogen and oxygen atoms in total. The Morgan fingerprint density at radius 3 is 2.14 bits per heavy atom. The zero-order chi connectivity index (χ0) is 36.0. The van der Waals surface area contributed by atoms with E-state index >= 15 is 0 Å². The number of guanidine groups is 1. The lowest BCUT2D eigenvalue weighted by Gasteiger charge is -2.30. The Hall–Kier alpha value is -4.72. The van der Waals surface area contributed by atoms with Gasteiger partial charge in [-0.25, -0.2) is 14.8 Å². The van der Waals surface area contributed by atoms with Crippen LogP contribution in [-0.4, -0.2) is 95.6 Å². The molecule has 0 saturated heterocycles. The first kappa shape index (κ1) is 38.1. The molecule has 0 aliphatic heterocycles. The van der Waals surface area contributed by atoms with Crippen LogP contribution < -0.4 is 5.32 Å². The molecule has 0 spiro atoms. The van der Waals surface area contributed by atoms with Gasteiger partial charge in [-0.1, -0.05) is 77.1 Å². The van der Waals surface area contributed by atoms with Crippen molar-refractivity contribution in [3.8, 4) is 17.3 Å². The largest absolute Gasteiger partial charge is 0.465 e. The van der Waals surface area contributed by atoms with Gasteiger partial charge in [-0.2, -0.15) is 5.26 Å². The smallest absolute Gasteiger partial charge is 0.338 e. The monoisotopic (exact) mass is 678 g/mol. The summed E-state index contributed by atoms with van der Waals surface area (Å²) in [6.45, 7) is 20.8. The van der Waals surface area contributed by atoms with Crippen LogP contribution in [0.1, 0.15) is 68.3 Å². The Kier molecular flexibility index (Phi) is 14.4. The Morgan fingerprint density at radius 2 is 1.56 bits per heavy atom. The van der Waals surface area contributed by atoms with E-state index in [9.17, 15) is 10.1 Å². The summed E-state index contributed by atoms with van der Waals surface area (Å²) < 4.78 is 7.31. The molecule has 10 heteroatoms. The second-order valence-electron chi connectivity index (χ2n) is 12.4. The van der Waals surface area contributed by atoms with Crippen molar-refractivity contribution in [2.75, 3.05) is 59.5 Å². The van der Waals surface area contributed by atoms with Crippen LogP contribution in [0.25, 0.3) is 22.2 Å². The van der Waals surface area contributed by atoms with Crippen LogP contribution in [0.15, 0.2) is 65.7 Å². The van der Waals surface area contributed by atoms with Crippen molar-refractivity contribution >= 4 is 28.6 Å². The second kappa shape index (κ2) is 18.9. The number of carbonyl (C=O) groups is 1. The number of aryl methyl sites for hydroxylation is 2. The Balaban J connectivity index is 1.72. The van der Waals surface area contributed by atoms with E-state index in [1.165, 1.54) is 7.11 Å². The number of ether oxygens (including phenoxy) is 1. The molecule has 1 N–H and O–H groups in total. The fraction of sp³-hybridized carbons (Fsp3) is 0.450. The number of aromatic nitrogens is 2. The summed E-state index contributed by atoms with van der Waals surface area (Å²) in [5.41, 5.74) is 7.26. The molecule has 4 rings (SSSR count). The summed E-state index contributed by atoms with van der Waals surface area (Å²) in [6.07, 6.45) is 3.98. The molecule has 266 valence electrons. The maximum atomic E-state index is 12.4. The number of carbonyl (C=O) groups excluding carboxylic acids is 1. The summed E-state index contributed by atoms with van der Waals surface area (Å²) in [4.78, 5) is 29.6. The average Bonchev–Trinajstić information content (AvgIpc) is 3.48. The number of nitrogens with zero attached hydrogens (tertiary/aromatic N) is 7. The molecular formula is C40H54N8O2. The molecule has 1 heterocycles. The zero-order valence-corrected chi connectivity index (χ0v) is 31.0. The van der Waals surface area contributed by atoms with Crippen molar-refractivity contribution in [1.82, 2.24) is 29.6 Å². The lowest BCUT2D eigenvalue weighted by atomic mass is 9.98. The lowest BCUT2D eigenvalue weighted by molar-refractivity contribution is 0.0601. The molecule has 1 aromatic heterocycles. The van der Waals surface area contributed by atoms with Gasteiger partial charge in [0.1, 0.15) is 5.82 Å². The predicted molar refractivity (Wildman–Crippen MR) is 204 cm³/mol. The molecule has 0 atom stereocenters. The number of methoxy groups -OCH3 is 1. The Labute approximate surface area is 298 Å². The topological polar surface area (TPSA) is 102 Å². The summed E-state index contributed by atoms with van der Waals surface area (Å²) >= 11 is 0. The number of nitrogens with one attached hydrogen (secondary N) is 1. The van der Waals surface area contributed by atoms with E-state index in [1.807, 2.05) is 18.2 Å². The van der Waals surface area contributed by atoms with Crippen LogP contribution in [0, 0.1) is 18.4 Å². The van der Waals surface area contributed by atoms with Gasteiger partial charge in [-0.05, 0) is 80.0 Å². The van der Waals surface area contributed by atoms with Gasteiger partial charge in [0.15, 0.2) is 6.19 Å². The molecule has 0 radical (unpaired) electrons. The van der Waals surface area contributed by atoms with E-state index in [1.54, 1.807) is 6.07 Å². The highest BCUT2D eigenvalue weighted by Gasteiger charge is 2.18. The minimum Gasteiger partial charge on any atom is -0.465 e. The first-order valence-corrected chi connectivity index (χ1v) is 18.0. The molecule has 3 aromatic carbocycles. The van der Waals surface area contributed by atoms with E-state index < -0.39 is 0 Å². The van der Waals surface area contributed by atoms with Crippen molar-refractivity contribution in [3.63, 3.8) is 0 Å². The van der Waals surface area contributed by atoms with Crippen LogP contribution in [0.2, 0.25) is 0 Å². The van der Waals surface area contributed by atoms with Gasteiger partial charge in [-0.3, -0.25) is 5.32 Å². The summed E-state index contributed by atoms with van der Waals surface area (Å²) in [6, 6.07) is 20.0. The fourth-order valence-corrected chi connectivity index (χ4v) is 6.35. The highest BCUT2D eigenvalue weighted by molar-refractivity contribution is 5.97. The van der Waals surface area contributed by atoms with Gasteiger partial charge in [0.2, 0.25) is 5.96 Å². The van der Waals surface area contributed by atoms with Crippen molar-refractivity contribution in [3.05, 3.63) is 83.2 Å². The molecule has 50 heavy (non-hydrogen) atoms. The van der Waals surface area contributed by atoms with Crippen LogP contribution in [0.4, 0.5) is 5.69 Å². The van der Waals surface area contributed by atoms with Gasteiger partial charge in [0.05, 0.1) is 29.4 Å². The van der Waals surface area contributed by atoms with Gasteiger partial charge >= 0.3 is 5.97 Å². The molecule has 0 amide bonds. The second-order valence-corrected chi connectivity index (χ2v) is 12.4. The Bertz CT molecular complexity index is 1750. The number of benzene rings is 3. The maximum Gasteiger partial charge on any atom is 0.338 e. The quantitative estimate of drug-likeness (QED) is 0.0426. The molecule has 0 bridgehead atoms. The Morgan fingerprint density at radius 1 is 0.920 bits per heavy atom. The van der Waals surface area contributed by atoms with Crippen molar-refractivity contribution in [1.29, 1.82) is 5.26 Å². The van der Waals surface area contributed by atoms with E-state index in [4.69, 9.17) is 14.7 Å². The van der Waals surface area contributed by atoms with Gasteiger partial charge in [-0.15, -0.1) is 0 Å². The SMILES string of the molecule is CCCc1nc2c(C)cc(N=C(NC#N)N(CCN(CC)CC)CCN(CC)CC)cc2n1Cc1ccc(-c2ccccc2C(=O)OC)cc1. The average molecular weight is 679 g/mol. The van der Waals surface area contributed by atoms with Gasteiger partial charge < -0.3 is 24.0 Å². The number of fused-ring (bicyclic) bond motifs is 1. The third-order valence-electron chi connectivity index (χ3n) is 9.38. The molecule has 4 aromatic rings. The maximum absolute atomic E-state index is 12.4. The molecular weight excluding hydrogens is 624 g/mol. The van der Waals surface area contributed by atoms with E-state index in [-0.39, 0.29) is 5.97 Å². The summed E-state index contributed by atoms with van der Waals surface area (Å²) in [5.74, 6) is 1.24.